The van der Waals surface area contributed by atoms with Crippen LogP contribution in [0.1, 0.15) is 17.2 Å². The lowest BCUT2D eigenvalue weighted by atomic mass is 9.74. The van der Waals surface area contributed by atoms with Gasteiger partial charge in [-0.2, -0.15) is 0 Å². The van der Waals surface area contributed by atoms with Gasteiger partial charge in [0.15, 0.2) is 5.78 Å². The minimum Gasteiger partial charge on any atom is -0.508 e. The van der Waals surface area contributed by atoms with Crippen molar-refractivity contribution in [1.82, 2.24) is 0 Å². The van der Waals surface area contributed by atoms with Gasteiger partial charge in [-0.3, -0.25) is 14.4 Å². The van der Waals surface area contributed by atoms with Crippen LogP contribution in [0.5, 0.6) is 5.75 Å². The first-order valence-electron chi connectivity index (χ1n) is 6.70. The number of carboxylic acids is 1. The second-order valence-electron chi connectivity index (χ2n) is 4.96. The first kappa shape index (κ1) is 16.4. The lowest BCUT2D eigenvalue weighted by Gasteiger charge is -2.25. The lowest BCUT2D eigenvalue weighted by Crippen LogP contribution is -2.49. The number of aromatic hydroxyl groups is 1. The molecule has 0 fully saturated rings. The van der Waals surface area contributed by atoms with Gasteiger partial charge in [0.05, 0.1) is 6.04 Å². The normalized spacial score (nSPS) is 14.5. The summed E-state index contributed by atoms with van der Waals surface area (Å²) in [5.74, 6) is -2.67. The number of benzene rings is 2. The molecule has 4 N–H and O–H groups in total. The molecule has 0 bridgehead atoms. The Morgan fingerprint density at radius 3 is 2.09 bits per heavy atom. The quantitative estimate of drug-likeness (QED) is 0.687. The third-order valence-electron chi connectivity index (χ3n) is 3.58. The SMILES string of the molecule is NC(C(=O)C([C]=O)(C(=O)O)c1ccccc1)c1ccc(O)cc1. The summed E-state index contributed by atoms with van der Waals surface area (Å²) in [6, 6.07) is 11.4. The summed E-state index contributed by atoms with van der Waals surface area (Å²) >= 11 is 0. The molecule has 1 radical (unpaired) electrons. The van der Waals surface area contributed by atoms with Crippen molar-refractivity contribution < 1.29 is 24.6 Å². The molecule has 117 valence electrons. The average Bonchev–Trinajstić information content (AvgIpc) is 2.56. The molecule has 0 saturated heterocycles. The minimum atomic E-state index is -2.50. The summed E-state index contributed by atoms with van der Waals surface area (Å²) in [5, 5.41) is 18.8. The van der Waals surface area contributed by atoms with Gasteiger partial charge < -0.3 is 15.9 Å². The van der Waals surface area contributed by atoms with Gasteiger partial charge in [-0.05, 0) is 23.3 Å². The Labute approximate surface area is 132 Å². The molecule has 2 aromatic carbocycles. The fraction of sp³-hybridized carbons (Fsp3) is 0.118. The molecular weight excluding hydrogens is 298 g/mol. The van der Waals surface area contributed by atoms with Crippen molar-refractivity contribution in [2.24, 2.45) is 5.73 Å². The van der Waals surface area contributed by atoms with E-state index in [1.807, 2.05) is 0 Å². The number of hydrogen-bond donors (Lipinski definition) is 3. The van der Waals surface area contributed by atoms with Crippen LogP contribution in [0.2, 0.25) is 0 Å². The molecular formula is C17H14NO5. The Bertz CT molecular complexity index is 726. The van der Waals surface area contributed by atoms with Gasteiger partial charge in [-0.15, -0.1) is 0 Å². The predicted octanol–water partition coefficient (Wildman–Crippen LogP) is 1.09. The monoisotopic (exact) mass is 312 g/mol. The fourth-order valence-electron chi connectivity index (χ4n) is 2.28. The van der Waals surface area contributed by atoms with Crippen LogP contribution in [-0.2, 0) is 19.8 Å². The second kappa shape index (κ2) is 6.41. The molecule has 2 rings (SSSR count). The number of rotatable bonds is 6. The number of phenolic OH excluding ortho intramolecular Hbond substituents is 1. The van der Waals surface area contributed by atoms with Gasteiger partial charge in [0, 0.05) is 0 Å². The average molecular weight is 312 g/mol. The number of hydrogen-bond acceptors (Lipinski definition) is 5. The Morgan fingerprint density at radius 2 is 1.61 bits per heavy atom. The molecule has 23 heavy (non-hydrogen) atoms. The maximum absolute atomic E-state index is 12.7. The van der Waals surface area contributed by atoms with Crippen molar-refractivity contribution in [1.29, 1.82) is 0 Å². The van der Waals surface area contributed by atoms with Gasteiger partial charge in [0.1, 0.15) is 5.75 Å². The topological polar surface area (TPSA) is 118 Å². The van der Waals surface area contributed by atoms with Crippen LogP contribution < -0.4 is 5.73 Å². The van der Waals surface area contributed by atoms with E-state index in [1.54, 1.807) is 6.07 Å². The number of phenols is 1. The first-order valence-corrected chi connectivity index (χ1v) is 6.70. The molecule has 0 spiro atoms. The highest BCUT2D eigenvalue weighted by molar-refractivity contribution is 6.23. The number of carboxylic acid groups (broad SMARTS) is 1. The summed E-state index contributed by atoms with van der Waals surface area (Å²) in [5.41, 5.74) is 3.62. The zero-order valence-corrected chi connectivity index (χ0v) is 12.0. The van der Waals surface area contributed by atoms with E-state index in [-0.39, 0.29) is 16.9 Å². The Balaban J connectivity index is 2.51. The molecule has 0 amide bonds. The maximum atomic E-state index is 12.7. The van der Waals surface area contributed by atoms with Crippen LogP contribution in [0.25, 0.3) is 0 Å². The number of carbonyl (C=O) groups is 2. The zero-order valence-electron chi connectivity index (χ0n) is 12.0. The highest BCUT2D eigenvalue weighted by Gasteiger charge is 2.51. The third-order valence-corrected chi connectivity index (χ3v) is 3.58. The summed E-state index contributed by atoms with van der Waals surface area (Å²) in [7, 11) is 0. The van der Waals surface area contributed by atoms with Crippen LogP contribution in [0.4, 0.5) is 0 Å². The van der Waals surface area contributed by atoms with Gasteiger partial charge >= 0.3 is 5.97 Å². The van der Waals surface area contributed by atoms with Gasteiger partial charge in [-0.25, -0.2) is 0 Å². The van der Waals surface area contributed by atoms with E-state index < -0.39 is 23.2 Å². The van der Waals surface area contributed by atoms with E-state index in [4.69, 9.17) is 5.73 Å². The molecule has 0 aliphatic rings. The van der Waals surface area contributed by atoms with E-state index in [0.717, 1.165) is 0 Å². The van der Waals surface area contributed by atoms with E-state index in [1.165, 1.54) is 54.8 Å². The second-order valence-corrected chi connectivity index (χ2v) is 4.96. The molecule has 2 atom stereocenters. The Kier molecular flexibility index (Phi) is 4.57. The highest BCUT2D eigenvalue weighted by atomic mass is 16.4. The number of nitrogens with two attached hydrogens (primary N) is 1. The molecule has 0 saturated carbocycles. The molecule has 2 aromatic rings. The summed E-state index contributed by atoms with van der Waals surface area (Å²) in [6.45, 7) is 0. The molecule has 0 heterocycles. The molecule has 6 heteroatoms. The van der Waals surface area contributed by atoms with Crippen molar-refractivity contribution >= 4 is 18.0 Å². The minimum absolute atomic E-state index is 0.0123. The predicted molar refractivity (Wildman–Crippen MR) is 81.5 cm³/mol. The molecule has 6 nitrogen and oxygen atoms in total. The first-order chi connectivity index (χ1) is 10.9. The summed E-state index contributed by atoms with van der Waals surface area (Å²) < 4.78 is 0. The van der Waals surface area contributed by atoms with E-state index in [2.05, 4.69) is 0 Å². The molecule has 0 aliphatic heterocycles. The van der Waals surface area contributed by atoms with Crippen LogP contribution in [0, 0.1) is 0 Å². The standard InChI is InChI=1S/C17H14NO5/c18-14(11-6-8-13(20)9-7-11)15(21)17(10-19,16(22)23)12-4-2-1-3-5-12/h1-9,14,20H,18H2,(H,22,23). The number of carbonyl (C=O) groups excluding carboxylic acids is 2. The number of Topliss-reactive ketones (excluding diaryl/α,β-unsaturated/α-hetero) is 1. The lowest BCUT2D eigenvalue weighted by molar-refractivity contribution is -0.146. The molecule has 2 unspecified atom stereocenters. The van der Waals surface area contributed by atoms with Crippen LogP contribution in [0.15, 0.2) is 54.6 Å². The maximum Gasteiger partial charge on any atom is 0.330 e. The summed E-state index contributed by atoms with van der Waals surface area (Å²) in [6.07, 6.45) is 1.36. The van der Waals surface area contributed by atoms with Crippen molar-refractivity contribution in [3.05, 3.63) is 65.7 Å². The van der Waals surface area contributed by atoms with Crippen LogP contribution >= 0.6 is 0 Å². The fourth-order valence-corrected chi connectivity index (χ4v) is 2.28. The zero-order chi connectivity index (χ0) is 17.0. The van der Waals surface area contributed by atoms with Crippen LogP contribution in [0.3, 0.4) is 0 Å². The van der Waals surface area contributed by atoms with Gasteiger partial charge in [0.25, 0.3) is 0 Å². The van der Waals surface area contributed by atoms with E-state index in [0.29, 0.717) is 0 Å². The van der Waals surface area contributed by atoms with Crippen molar-refractivity contribution in [2.75, 3.05) is 0 Å². The Morgan fingerprint density at radius 1 is 1.04 bits per heavy atom. The number of ketones is 1. The molecule has 0 aromatic heterocycles. The Hall–Kier alpha value is -2.99. The highest BCUT2D eigenvalue weighted by Crippen LogP contribution is 2.29. The van der Waals surface area contributed by atoms with Crippen molar-refractivity contribution in [3.8, 4) is 5.75 Å². The number of aliphatic carboxylic acids is 1. The summed E-state index contributed by atoms with van der Waals surface area (Å²) in [4.78, 5) is 35.9. The van der Waals surface area contributed by atoms with Crippen molar-refractivity contribution in [2.45, 2.75) is 11.5 Å². The largest absolute Gasteiger partial charge is 0.508 e. The molecule has 0 aliphatic carbocycles. The van der Waals surface area contributed by atoms with Gasteiger partial charge in [-0.1, -0.05) is 42.5 Å². The van der Waals surface area contributed by atoms with Crippen molar-refractivity contribution in [3.63, 3.8) is 0 Å². The van der Waals surface area contributed by atoms with Gasteiger partial charge in [0.2, 0.25) is 11.7 Å². The smallest absolute Gasteiger partial charge is 0.330 e. The third kappa shape index (κ3) is 2.84. The van der Waals surface area contributed by atoms with Crippen LogP contribution in [-0.4, -0.2) is 28.3 Å². The van der Waals surface area contributed by atoms with E-state index in [9.17, 15) is 24.6 Å². The van der Waals surface area contributed by atoms with E-state index >= 15 is 0 Å².